The van der Waals surface area contributed by atoms with E-state index in [4.69, 9.17) is 16.3 Å². The van der Waals surface area contributed by atoms with E-state index in [1.54, 1.807) is 0 Å². The molecule has 0 saturated heterocycles. The molecule has 0 heterocycles. The minimum absolute atomic E-state index is 0.396. The molecule has 0 fully saturated rings. The molecule has 1 rings (SSSR count). The Morgan fingerprint density at radius 2 is 2.05 bits per heavy atom. The maximum atomic E-state index is 11.5. The van der Waals surface area contributed by atoms with Crippen LogP contribution in [0, 0.1) is 0 Å². The number of nitrogens with one attached hydrogen (secondary N) is 2. The molecular formula is C14H21ClN2O2. The standard InChI is InChI=1S/C14H21ClN2O2/c1-14(2,3)19-13(18)17-8-7-10-5-6-11(15)9-12(10)16-4/h5-6,9,16H,7-8H2,1-4H3,(H,17,18). The molecule has 19 heavy (non-hydrogen) atoms. The van der Waals surface area contributed by atoms with Crippen LogP contribution < -0.4 is 10.6 Å². The van der Waals surface area contributed by atoms with Crippen molar-refractivity contribution in [1.29, 1.82) is 0 Å². The molecule has 0 radical (unpaired) electrons. The summed E-state index contributed by atoms with van der Waals surface area (Å²) in [4.78, 5) is 11.5. The lowest BCUT2D eigenvalue weighted by Crippen LogP contribution is -2.33. The van der Waals surface area contributed by atoms with Gasteiger partial charge in [0.1, 0.15) is 5.60 Å². The van der Waals surface area contributed by atoms with Crippen LogP contribution in [0.4, 0.5) is 10.5 Å². The van der Waals surface area contributed by atoms with Crippen molar-refractivity contribution in [2.75, 3.05) is 18.9 Å². The molecule has 5 heteroatoms. The van der Waals surface area contributed by atoms with E-state index in [-0.39, 0.29) is 0 Å². The van der Waals surface area contributed by atoms with Gasteiger partial charge in [-0.05, 0) is 44.9 Å². The Labute approximate surface area is 119 Å². The van der Waals surface area contributed by atoms with E-state index >= 15 is 0 Å². The van der Waals surface area contributed by atoms with Crippen molar-refractivity contribution in [3.63, 3.8) is 0 Å². The van der Waals surface area contributed by atoms with E-state index in [9.17, 15) is 4.79 Å². The molecule has 106 valence electrons. The summed E-state index contributed by atoms with van der Waals surface area (Å²) in [6.45, 7) is 6.03. The fourth-order valence-corrected chi connectivity index (χ4v) is 1.78. The number of carbonyl (C=O) groups is 1. The Morgan fingerprint density at radius 3 is 2.63 bits per heavy atom. The van der Waals surface area contributed by atoms with Gasteiger partial charge in [-0.15, -0.1) is 0 Å². The lowest BCUT2D eigenvalue weighted by molar-refractivity contribution is 0.0528. The minimum atomic E-state index is -0.472. The van der Waals surface area contributed by atoms with Crippen molar-refractivity contribution < 1.29 is 9.53 Å². The Bertz CT molecular complexity index is 442. The number of alkyl carbamates (subject to hydrolysis) is 1. The van der Waals surface area contributed by atoms with Gasteiger partial charge in [0, 0.05) is 24.3 Å². The third-order valence-electron chi connectivity index (χ3n) is 2.40. The molecule has 1 aromatic rings. The van der Waals surface area contributed by atoms with Crippen LogP contribution >= 0.6 is 11.6 Å². The van der Waals surface area contributed by atoms with Gasteiger partial charge in [-0.25, -0.2) is 4.79 Å². The number of hydrogen-bond acceptors (Lipinski definition) is 3. The largest absolute Gasteiger partial charge is 0.444 e. The normalized spacial score (nSPS) is 11.0. The molecule has 0 spiro atoms. The molecule has 0 bridgehead atoms. The molecule has 4 nitrogen and oxygen atoms in total. The zero-order valence-corrected chi connectivity index (χ0v) is 12.6. The second-order valence-corrected chi connectivity index (χ2v) is 5.67. The predicted molar refractivity (Wildman–Crippen MR) is 78.9 cm³/mol. The molecule has 0 saturated carbocycles. The van der Waals surface area contributed by atoms with Crippen molar-refractivity contribution in [3.05, 3.63) is 28.8 Å². The van der Waals surface area contributed by atoms with Gasteiger partial charge in [0.15, 0.2) is 0 Å². The van der Waals surface area contributed by atoms with Gasteiger partial charge >= 0.3 is 6.09 Å². The predicted octanol–water partition coefficient (Wildman–Crippen LogP) is 3.45. The monoisotopic (exact) mass is 284 g/mol. The third kappa shape index (κ3) is 5.83. The third-order valence-corrected chi connectivity index (χ3v) is 2.64. The van der Waals surface area contributed by atoms with Crippen molar-refractivity contribution in [2.45, 2.75) is 32.8 Å². The van der Waals surface area contributed by atoms with Crippen LogP contribution in [-0.2, 0) is 11.2 Å². The molecule has 1 amide bonds. The highest BCUT2D eigenvalue weighted by molar-refractivity contribution is 6.30. The summed E-state index contributed by atoms with van der Waals surface area (Å²) in [6.07, 6.45) is 0.319. The molecule has 1 aromatic carbocycles. The number of carbonyl (C=O) groups excluding carboxylic acids is 1. The summed E-state index contributed by atoms with van der Waals surface area (Å²) in [6, 6.07) is 5.65. The Balaban J connectivity index is 2.47. The smallest absolute Gasteiger partial charge is 0.407 e. The van der Waals surface area contributed by atoms with Crippen molar-refractivity contribution in [1.82, 2.24) is 5.32 Å². The van der Waals surface area contributed by atoms with Crippen molar-refractivity contribution in [3.8, 4) is 0 Å². The number of benzene rings is 1. The molecule has 0 atom stereocenters. The summed E-state index contributed by atoms with van der Waals surface area (Å²) in [7, 11) is 1.84. The van der Waals surface area contributed by atoms with Crippen molar-refractivity contribution in [2.24, 2.45) is 0 Å². The molecule has 0 aromatic heterocycles. The first-order valence-electron chi connectivity index (χ1n) is 6.25. The first-order valence-corrected chi connectivity index (χ1v) is 6.62. The summed E-state index contributed by atoms with van der Waals surface area (Å²) in [5.41, 5.74) is 1.60. The molecule has 0 aliphatic rings. The SMILES string of the molecule is CNc1cc(Cl)ccc1CCNC(=O)OC(C)(C)C. The maximum Gasteiger partial charge on any atom is 0.407 e. The lowest BCUT2D eigenvalue weighted by Gasteiger charge is -2.19. The zero-order valence-electron chi connectivity index (χ0n) is 11.8. The van der Waals surface area contributed by atoms with Crippen LogP contribution in [0.5, 0.6) is 0 Å². The van der Waals surface area contributed by atoms with E-state index in [0.717, 1.165) is 11.3 Å². The lowest BCUT2D eigenvalue weighted by atomic mass is 10.1. The highest BCUT2D eigenvalue weighted by Crippen LogP contribution is 2.20. The highest BCUT2D eigenvalue weighted by atomic mass is 35.5. The number of rotatable bonds is 4. The molecule has 0 aliphatic carbocycles. The number of halogens is 1. The maximum absolute atomic E-state index is 11.5. The summed E-state index contributed by atoms with van der Waals surface area (Å²) >= 11 is 5.92. The van der Waals surface area contributed by atoms with Gasteiger partial charge in [-0.1, -0.05) is 17.7 Å². The van der Waals surface area contributed by atoms with E-state index in [1.165, 1.54) is 0 Å². The van der Waals surface area contributed by atoms with E-state index < -0.39 is 11.7 Å². The van der Waals surface area contributed by atoms with Gasteiger partial charge in [0.25, 0.3) is 0 Å². The minimum Gasteiger partial charge on any atom is -0.444 e. The quantitative estimate of drug-likeness (QED) is 0.890. The Kier molecular flexibility index (Phi) is 5.48. The Hall–Kier alpha value is -1.42. The first kappa shape index (κ1) is 15.6. The average molecular weight is 285 g/mol. The number of anilines is 1. The van der Waals surface area contributed by atoms with E-state index in [1.807, 2.05) is 46.0 Å². The molecule has 0 aliphatic heterocycles. The second-order valence-electron chi connectivity index (χ2n) is 5.23. The summed E-state index contributed by atoms with van der Waals surface area (Å²) in [5.74, 6) is 0. The number of ether oxygens (including phenoxy) is 1. The van der Waals surface area contributed by atoms with Crippen LogP contribution in [0.2, 0.25) is 5.02 Å². The van der Waals surface area contributed by atoms with E-state index in [2.05, 4.69) is 10.6 Å². The van der Waals surface area contributed by atoms with Crippen LogP contribution in [0.15, 0.2) is 18.2 Å². The topological polar surface area (TPSA) is 50.4 Å². The summed E-state index contributed by atoms with van der Waals surface area (Å²) in [5, 5.41) is 6.50. The molecule has 2 N–H and O–H groups in total. The fraction of sp³-hybridized carbons (Fsp3) is 0.500. The van der Waals surface area contributed by atoms with Gasteiger partial charge < -0.3 is 15.4 Å². The number of hydrogen-bond donors (Lipinski definition) is 2. The zero-order chi connectivity index (χ0) is 14.5. The van der Waals surface area contributed by atoms with Crippen LogP contribution in [0.25, 0.3) is 0 Å². The van der Waals surface area contributed by atoms with Crippen LogP contribution in [0.1, 0.15) is 26.3 Å². The highest BCUT2D eigenvalue weighted by Gasteiger charge is 2.15. The van der Waals surface area contributed by atoms with Gasteiger partial charge in [0.2, 0.25) is 0 Å². The Morgan fingerprint density at radius 1 is 1.37 bits per heavy atom. The van der Waals surface area contributed by atoms with Gasteiger partial charge in [0.05, 0.1) is 0 Å². The van der Waals surface area contributed by atoms with Gasteiger partial charge in [-0.2, -0.15) is 0 Å². The number of amides is 1. The van der Waals surface area contributed by atoms with Gasteiger partial charge in [-0.3, -0.25) is 0 Å². The van der Waals surface area contributed by atoms with Crippen LogP contribution in [-0.4, -0.2) is 25.3 Å². The second kappa shape index (κ2) is 6.66. The first-order chi connectivity index (χ1) is 8.81. The van der Waals surface area contributed by atoms with Crippen molar-refractivity contribution >= 4 is 23.4 Å². The summed E-state index contributed by atoms with van der Waals surface area (Å²) < 4.78 is 5.16. The average Bonchev–Trinajstić information content (AvgIpc) is 2.28. The van der Waals surface area contributed by atoms with Crippen LogP contribution in [0.3, 0.4) is 0 Å². The van der Waals surface area contributed by atoms with E-state index in [0.29, 0.717) is 18.0 Å². The molecule has 0 unspecified atom stereocenters. The fourth-order valence-electron chi connectivity index (χ4n) is 1.61. The molecular weight excluding hydrogens is 264 g/mol.